The first-order valence-electron chi connectivity index (χ1n) is 9.38. The summed E-state index contributed by atoms with van der Waals surface area (Å²) in [6.45, 7) is -2.92. The van der Waals surface area contributed by atoms with Gasteiger partial charge < -0.3 is 14.8 Å². The number of nitrogens with one attached hydrogen (secondary N) is 1. The van der Waals surface area contributed by atoms with Crippen LogP contribution in [0.4, 0.5) is 14.5 Å². The molecule has 1 N–H and O–H groups in total. The van der Waals surface area contributed by atoms with Crippen molar-refractivity contribution in [3.05, 3.63) is 54.1 Å². The molecule has 0 atom stereocenters. The van der Waals surface area contributed by atoms with Crippen LogP contribution in [0.25, 0.3) is 0 Å². The van der Waals surface area contributed by atoms with Gasteiger partial charge in [0.05, 0.1) is 16.1 Å². The van der Waals surface area contributed by atoms with Crippen LogP contribution in [0.5, 0.6) is 5.75 Å². The normalized spacial score (nSPS) is 14.4. The summed E-state index contributed by atoms with van der Waals surface area (Å²) in [4.78, 5) is 24.3. The molecule has 31 heavy (non-hydrogen) atoms. The highest BCUT2D eigenvalue weighted by Crippen LogP contribution is 2.25. The molecule has 1 aliphatic rings. The average Bonchev–Trinajstić information content (AvgIpc) is 3.29. The molecule has 1 amide bonds. The maximum Gasteiger partial charge on any atom is 0.387 e. The fourth-order valence-corrected chi connectivity index (χ4v) is 4.59. The Kier molecular flexibility index (Phi) is 7.18. The summed E-state index contributed by atoms with van der Waals surface area (Å²) in [6, 6.07) is 10.9. The molecule has 2 aromatic rings. The van der Waals surface area contributed by atoms with Crippen LogP contribution in [0.1, 0.15) is 23.2 Å². The van der Waals surface area contributed by atoms with Gasteiger partial charge in [0.25, 0.3) is 5.91 Å². The van der Waals surface area contributed by atoms with Crippen LogP contribution < -0.4 is 10.1 Å². The predicted molar refractivity (Wildman–Crippen MR) is 106 cm³/mol. The SMILES string of the molecule is O=C(COC(=O)c1cccc(S(=O)(=O)N2CCCC2)c1)Nc1ccccc1OC(F)F. The van der Waals surface area contributed by atoms with Crippen molar-refractivity contribution >= 4 is 27.6 Å². The van der Waals surface area contributed by atoms with Crippen molar-refractivity contribution < 1.29 is 36.3 Å². The van der Waals surface area contributed by atoms with E-state index in [9.17, 15) is 26.8 Å². The van der Waals surface area contributed by atoms with E-state index >= 15 is 0 Å². The molecule has 0 spiro atoms. The minimum Gasteiger partial charge on any atom is -0.452 e. The van der Waals surface area contributed by atoms with Gasteiger partial charge >= 0.3 is 12.6 Å². The van der Waals surface area contributed by atoms with Crippen molar-refractivity contribution in [3.8, 4) is 5.75 Å². The Balaban J connectivity index is 1.62. The maximum atomic E-state index is 12.6. The first-order chi connectivity index (χ1) is 14.8. The van der Waals surface area contributed by atoms with Gasteiger partial charge in [0.1, 0.15) is 5.75 Å². The number of rotatable bonds is 8. The second kappa shape index (κ2) is 9.84. The number of hydrogen-bond acceptors (Lipinski definition) is 6. The average molecular weight is 454 g/mol. The molecule has 0 radical (unpaired) electrons. The number of para-hydroxylation sites is 2. The lowest BCUT2D eigenvalue weighted by Crippen LogP contribution is -2.28. The number of nitrogens with zero attached hydrogens (tertiary/aromatic N) is 1. The number of esters is 1. The second-order valence-corrected chi connectivity index (χ2v) is 8.58. The van der Waals surface area contributed by atoms with Crippen molar-refractivity contribution in [2.24, 2.45) is 0 Å². The van der Waals surface area contributed by atoms with Crippen LogP contribution in [0.3, 0.4) is 0 Å². The second-order valence-electron chi connectivity index (χ2n) is 6.64. The molecule has 166 valence electrons. The van der Waals surface area contributed by atoms with Crippen LogP contribution in [0, 0.1) is 0 Å². The Morgan fingerprint density at radius 1 is 1.06 bits per heavy atom. The lowest BCUT2D eigenvalue weighted by molar-refractivity contribution is -0.119. The first kappa shape index (κ1) is 22.6. The van der Waals surface area contributed by atoms with E-state index < -0.39 is 35.1 Å². The molecule has 1 saturated heterocycles. The van der Waals surface area contributed by atoms with E-state index in [1.165, 1.54) is 52.8 Å². The third-order valence-corrected chi connectivity index (χ3v) is 6.38. The zero-order valence-electron chi connectivity index (χ0n) is 16.3. The molecular weight excluding hydrogens is 434 g/mol. The van der Waals surface area contributed by atoms with Gasteiger partial charge in [-0.15, -0.1) is 0 Å². The molecule has 0 aliphatic carbocycles. The van der Waals surface area contributed by atoms with Gasteiger partial charge in [0.15, 0.2) is 6.61 Å². The molecule has 1 aliphatic heterocycles. The van der Waals surface area contributed by atoms with E-state index in [1.54, 1.807) is 0 Å². The molecule has 0 bridgehead atoms. The molecular formula is C20H20F2N2O6S. The summed E-state index contributed by atoms with van der Waals surface area (Å²) in [5.41, 5.74) is -0.0444. The Bertz CT molecular complexity index is 1060. The summed E-state index contributed by atoms with van der Waals surface area (Å²) in [5, 5.41) is 2.32. The van der Waals surface area contributed by atoms with Crippen LogP contribution in [-0.2, 0) is 19.6 Å². The third kappa shape index (κ3) is 5.76. The van der Waals surface area contributed by atoms with Crippen LogP contribution in [0.15, 0.2) is 53.4 Å². The van der Waals surface area contributed by atoms with E-state index in [4.69, 9.17) is 4.74 Å². The van der Waals surface area contributed by atoms with Crippen LogP contribution in [0.2, 0.25) is 0 Å². The Morgan fingerprint density at radius 3 is 2.48 bits per heavy atom. The molecule has 0 saturated carbocycles. The number of halogens is 2. The number of hydrogen-bond donors (Lipinski definition) is 1. The third-order valence-electron chi connectivity index (χ3n) is 4.48. The van der Waals surface area contributed by atoms with Gasteiger partial charge in [-0.05, 0) is 43.2 Å². The summed E-state index contributed by atoms with van der Waals surface area (Å²) < 4.78 is 60.7. The maximum absolute atomic E-state index is 12.6. The molecule has 1 fully saturated rings. The van der Waals surface area contributed by atoms with Gasteiger partial charge in [-0.3, -0.25) is 4.79 Å². The van der Waals surface area contributed by atoms with Crippen LogP contribution >= 0.6 is 0 Å². The van der Waals surface area contributed by atoms with E-state index in [1.807, 2.05) is 0 Å². The van der Waals surface area contributed by atoms with Gasteiger partial charge in [-0.25, -0.2) is 13.2 Å². The first-order valence-corrected chi connectivity index (χ1v) is 10.8. The van der Waals surface area contributed by atoms with Gasteiger partial charge in [0.2, 0.25) is 10.0 Å². The van der Waals surface area contributed by atoms with Crippen molar-refractivity contribution in [1.82, 2.24) is 4.31 Å². The number of carbonyl (C=O) groups excluding carboxylic acids is 2. The summed E-state index contributed by atoms with van der Waals surface area (Å²) in [7, 11) is -3.71. The van der Waals surface area contributed by atoms with E-state index in [-0.39, 0.29) is 21.9 Å². The van der Waals surface area contributed by atoms with Gasteiger partial charge in [0, 0.05) is 13.1 Å². The van der Waals surface area contributed by atoms with E-state index in [2.05, 4.69) is 10.1 Å². The molecule has 0 unspecified atom stereocenters. The Morgan fingerprint density at radius 2 is 1.77 bits per heavy atom. The molecule has 2 aromatic carbocycles. The molecule has 8 nitrogen and oxygen atoms in total. The van der Waals surface area contributed by atoms with Gasteiger partial charge in [-0.1, -0.05) is 18.2 Å². The summed E-state index contributed by atoms with van der Waals surface area (Å²) >= 11 is 0. The zero-order chi connectivity index (χ0) is 22.4. The fraction of sp³-hybridized carbons (Fsp3) is 0.300. The smallest absolute Gasteiger partial charge is 0.387 e. The Hall–Kier alpha value is -3.05. The Labute approximate surface area is 177 Å². The van der Waals surface area contributed by atoms with Gasteiger partial charge in [-0.2, -0.15) is 13.1 Å². The number of anilines is 1. The number of alkyl halides is 2. The van der Waals surface area contributed by atoms with E-state index in [0.29, 0.717) is 13.1 Å². The number of carbonyl (C=O) groups is 2. The lowest BCUT2D eigenvalue weighted by atomic mass is 10.2. The quantitative estimate of drug-likeness (QED) is 0.616. The van der Waals surface area contributed by atoms with Crippen LogP contribution in [-0.4, -0.2) is 50.9 Å². The van der Waals surface area contributed by atoms with E-state index in [0.717, 1.165) is 12.8 Å². The highest BCUT2D eigenvalue weighted by atomic mass is 32.2. The number of ether oxygens (including phenoxy) is 2. The largest absolute Gasteiger partial charge is 0.452 e. The molecule has 1 heterocycles. The monoisotopic (exact) mass is 454 g/mol. The number of benzene rings is 2. The lowest BCUT2D eigenvalue weighted by Gasteiger charge is -2.16. The topological polar surface area (TPSA) is 102 Å². The highest BCUT2D eigenvalue weighted by molar-refractivity contribution is 7.89. The van der Waals surface area contributed by atoms with Crippen molar-refractivity contribution in [2.45, 2.75) is 24.3 Å². The number of sulfonamides is 1. The van der Waals surface area contributed by atoms with Crippen molar-refractivity contribution in [1.29, 1.82) is 0 Å². The zero-order valence-corrected chi connectivity index (χ0v) is 17.1. The standard InChI is InChI=1S/C20H20F2N2O6S/c21-20(22)30-17-9-2-1-8-16(17)23-18(25)13-29-19(26)14-6-5-7-15(12-14)31(27,28)24-10-3-4-11-24/h1-2,5-9,12,20H,3-4,10-11,13H2,(H,23,25). The predicted octanol–water partition coefficient (Wildman–Crippen LogP) is 2.87. The van der Waals surface area contributed by atoms with Crippen molar-refractivity contribution in [2.75, 3.05) is 25.0 Å². The minimum atomic E-state index is -3.71. The molecule has 3 rings (SSSR count). The fourth-order valence-electron chi connectivity index (χ4n) is 3.03. The summed E-state index contributed by atoms with van der Waals surface area (Å²) in [6.07, 6.45) is 1.56. The highest BCUT2D eigenvalue weighted by Gasteiger charge is 2.27. The molecule has 11 heteroatoms. The number of amides is 1. The minimum absolute atomic E-state index is 0.0115. The molecule has 0 aromatic heterocycles. The van der Waals surface area contributed by atoms with Crippen molar-refractivity contribution in [3.63, 3.8) is 0 Å². The summed E-state index contributed by atoms with van der Waals surface area (Å²) in [5.74, 6) is -1.91.